The minimum absolute atomic E-state index is 0.0267. The maximum Gasteiger partial charge on any atom is 0.305 e. The van der Waals surface area contributed by atoms with Gasteiger partial charge in [-0.2, -0.15) is 5.10 Å². The van der Waals surface area contributed by atoms with E-state index in [-0.39, 0.29) is 24.7 Å². The van der Waals surface area contributed by atoms with Crippen molar-refractivity contribution < 1.29 is 14.7 Å². The number of carboxylic acids is 1. The van der Waals surface area contributed by atoms with Crippen LogP contribution in [0.4, 0.5) is 0 Å². The van der Waals surface area contributed by atoms with Gasteiger partial charge >= 0.3 is 5.97 Å². The van der Waals surface area contributed by atoms with E-state index < -0.39 is 11.5 Å². The third-order valence-electron chi connectivity index (χ3n) is 5.16. The summed E-state index contributed by atoms with van der Waals surface area (Å²) in [6.07, 6.45) is -0.0194. The van der Waals surface area contributed by atoms with Gasteiger partial charge in [-0.05, 0) is 46.6 Å². The van der Waals surface area contributed by atoms with Crippen LogP contribution in [0.15, 0.2) is 6.07 Å². The summed E-state index contributed by atoms with van der Waals surface area (Å²) in [5.41, 5.74) is 3.17. The summed E-state index contributed by atoms with van der Waals surface area (Å²) in [7, 11) is 0. The Labute approximate surface area is 165 Å². The summed E-state index contributed by atoms with van der Waals surface area (Å²) in [5, 5.41) is 16.6. The lowest BCUT2D eigenvalue weighted by Gasteiger charge is -2.33. The highest BCUT2D eigenvalue weighted by Crippen LogP contribution is 2.22. The van der Waals surface area contributed by atoms with Crippen molar-refractivity contribution in [2.45, 2.75) is 66.8 Å². The molecule has 0 aromatic carbocycles. The van der Waals surface area contributed by atoms with Crippen LogP contribution in [0.1, 0.15) is 55.5 Å². The SMILES string of the molecule is Cc1cc(C)nc(-n2nc(C)c(CC(=O)NC(C)(CC(=O)O)C(C)C)c2C)n1. The molecular formula is C20H29N5O3. The van der Waals surface area contributed by atoms with E-state index in [4.69, 9.17) is 0 Å². The van der Waals surface area contributed by atoms with Gasteiger partial charge in [-0.15, -0.1) is 0 Å². The predicted molar refractivity (Wildman–Crippen MR) is 105 cm³/mol. The average Bonchev–Trinajstić information content (AvgIpc) is 2.81. The highest BCUT2D eigenvalue weighted by Gasteiger charge is 2.33. The van der Waals surface area contributed by atoms with E-state index >= 15 is 0 Å². The number of nitrogens with one attached hydrogen (secondary N) is 1. The zero-order valence-corrected chi connectivity index (χ0v) is 17.6. The molecule has 1 atom stereocenters. The molecule has 28 heavy (non-hydrogen) atoms. The summed E-state index contributed by atoms with van der Waals surface area (Å²) in [5.74, 6) is -0.725. The van der Waals surface area contributed by atoms with Crippen LogP contribution in [0.25, 0.3) is 5.95 Å². The molecule has 0 aliphatic rings. The molecule has 0 fully saturated rings. The first-order chi connectivity index (χ1) is 12.9. The molecule has 2 aromatic rings. The zero-order chi connectivity index (χ0) is 21.2. The Morgan fingerprint density at radius 1 is 1.18 bits per heavy atom. The summed E-state index contributed by atoms with van der Waals surface area (Å²) in [6.45, 7) is 13.1. The first kappa shape index (κ1) is 21.5. The summed E-state index contributed by atoms with van der Waals surface area (Å²) in [4.78, 5) is 32.8. The number of hydrogen-bond donors (Lipinski definition) is 2. The van der Waals surface area contributed by atoms with E-state index in [1.54, 1.807) is 11.6 Å². The fourth-order valence-electron chi connectivity index (χ4n) is 3.16. The van der Waals surface area contributed by atoms with Gasteiger partial charge in [-0.3, -0.25) is 9.59 Å². The largest absolute Gasteiger partial charge is 0.481 e. The van der Waals surface area contributed by atoms with Gasteiger partial charge in [-0.1, -0.05) is 13.8 Å². The highest BCUT2D eigenvalue weighted by atomic mass is 16.4. The molecular weight excluding hydrogens is 358 g/mol. The smallest absolute Gasteiger partial charge is 0.305 e. The van der Waals surface area contributed by atoms with Crippen LogP contribution < -0.4 is 5.32 Å². The van der Waals surface area contributed by atoms with Gasteiger partial charge in [0.1, 0.15) is 0 Å². The summed E-state index contributed by atoms with van der Waals surface area (Å²) < 4.78 is 1.65. The Morgan fingerprint density at radius 3 is 2.25 bits per heavy atom. The second-order valence-corrected chi connectivity index (χ2v) is 7.88. The Bertz CT molecular complexity index is 883. The number of carboxylic acid groups (broad SMARTS) is 1. The number of carbonyl (C=O) groups excluding carboxylic acids is 1. The number of amides is 1. The molecule has 152 valence electrons. The van der Waals surface area contributed by atoms with Crippen LogP contribution in [0.5, 0.6) is 0 Å². The van der Waals surface area contributed by atoms with Crippen molar-refractivity contribution in [2.75, 3.05) is 0 Å². The van der Waals surface area contributed by atoms with E-state index in [1.165, 1.54) is 0 Å². The topological polar surface area (TPSA) is 110 Å². The Kier molecular flexibility index (Phi) is 6.21. The molecule has 0 aliphatic carbocycles. The molecule has 2 rings (SSSR count). The molecule has 2 heterocycles. The standard InChI is InChI=1S/C20H29N5O3/c1-11(2)20(7,10-18(27)28)23-17(26)9-16-14(5)24-25(15(16)6)19-21-12(3)8-13(4)22-19/h8,11H,9-10H2,1-7H3,(H,23,26)(H,27,28). The van der Waals surface area contributed by atoms with Crippen molar-refractivity contribution in [3.63, 3.8) is 0 Å². The Balaban J connectivity index is 2.28. The normalized spacial score (nSPS) is 13.4. The fraction of sp³-hybridized carbons (Fsp3) is 0.550. The number of nitrogens with zero attached hydrogens (tertiary/aromatic N) is 4. The van der Waals surface area contributed by atoms with Crippen LogP contribution in [0.2, 0.25) is 0 Å². The van der Waals surface area contributed by atoms with Crippen molar-refractivity contribution in [3.05, 3.63) is 34.4 Å². The Morgan fingerprint density at radius 2 is 1.75 bits per heavy atom. The molecule has 1 amide bonds. The maximum atomic E-state index is 12.7. The molecule has 0 bridgehead atoms. The van der Waals surface area contributed by atoms with Gasteiger partial charge in [0.2, 0.25) is 5.91 Å². The van der Waals surface area contributed by atoms with E-state index in [9.17, 15) is 14.7 Å². The zero-order valence-electron chi connectivity index (χ0n) is 17.6. The molecule has 1 unspecified atom stereocenters. The third-order valence-corrected chi connectivity index (χ3v) is 5.16. The molecule has 2 N–H and O–H groups in total. The lowest BCUT2D eigenvalue weighted by Crippen LogP contribution is -2.51. The number of hydrogen-bond acceptors (Lipinski definition) is 5. The van der Waals surface area contributed by atoms with Crippen LogP contribution in [-0.4, -0.2) is 42.3 Å². The van der Waals surface area contributed by atoms with Crippen molar-refractivity contribution >= 4 is 11.9 Å². The number of rotatable bonds is 7. The fourth-order valence-corrected chi connectivity index (χ4v) is 3.16. The average molecular weight is 387 g/mol. The second kappa shape index (κ2) is 8.08. The number of aliphatic carboxylic acids is 1. The lowest BCUT2D eigenvalue weighted by atomic mass is 9.85. The molecule has 0 spiro atoms. The van der Waals surface area contributed by atoms with Crippen LogP contribution in [0, 0.1) is 33.6 Å². The van der Waals surface area contributed by atoms with Crippen molar-refractivity contribution in [3.8, 4) is 5.95 Å². The van der Waals surface area contributed by atoms with Crippen molar-refractivity contribution in [1.29, 1.82) is 0 Å². The highest BCUT2D eigenvalue weighted by molar-refractivity contribution is 5.81. The van der Waals surface area contributed by atoms with Gasteiger partial charge in [0.25, 0.3) is 5.95 Å². The van der Waals surface area contributed by atoms with Crippen LogP contribution >= 0.6 is 0 Å². The minimum Gasteiger partial charge on any atom is -0.481 e. The van der Waals surface area contributed by atoms with E-state index in [2.05, 4.69) is 20.4 Å². The molecule has 0 saturated heterocycles. The molecule has 0 saturated carbocycles. The number of aromatic nitrogens is 4. The first-order valence-electron chi connectivity index (χ1n) is 9.33. The minimum atomic E-state index is -0.941. The van der Waals surface area contributed by atoms with Crippen LogP contribution in [-0.2, 0) is 16.0 Å². The van der Waals surface area contributed by atoms with E-state index in [1.807, 2.05) is 47.6 Å². The second-order valence-electron chi connectivity index (χ2n) is 7.88. The molecule has 0 aliphatic heterocycles. The van der Waals surface area contributed by atoms with Gasteiger partial charge in [0.05, 0.1) is 18.5 Å². The number of aryl methyl sites for hydroxylation is 3. The maximum absolute atomic E-state index is 12.7. The quantitative estimate of drug-likeness (QED) is 0.755. The molecule has 2 aromatic heterocycles. The Hall–Kier alpha value is -2.77. The monoisotopic (exact) mass is 387 g/mol. The third kappa shape index (κ3) is 4.74. The van der Waals surface area contributed by atoms with E-state index in [0.717, 1.165) is 28.3 Å². The van der Waals surface area contributed by atoms with Crippen molar-refractivity contribution in [2.24, 2.45) is 5.92 Å². The lowest BCUT2D eigenvalue weighted by molar-refractivity contribution is -0.139. The number of carbonyl (C=O) groups is 2. The van der Waals surface area contributed by atoms with Gasteiger partial charge < -0.3 is 10.4 Å². The molecule has 8 nitrogen and oxygen atoms in total. The van der Waals surface area contributed by atoms with Crippen molar-refractivity contribution in [1.82, 2.24) is 25.1 Å². The summed E-state index contributed by atoms with van der Waals surface area (Å²) >= 11 is 0. The van der Waals surface area contributed by atoms with Gasteiger partial charge in [0.15, 0.2) is 0 Å². The molecule has 8 heteroatoms. The van der Waals surface area contributed by atoms with Gasteiger partial charge in [-0.25, -0.2) is 14.6 Å². The van der Waals surface area contributed by atoms with E-state index in [0.29, 0.717) is 5.95 Å². The molecule has 0 radical (unpaired) electrons. The first-order valence-corrected chi connectivity index (χ1v) is 9.33. The summed E-state index contributed by atoms with van der Waals surface area (Å²) in [6, 6.07) is 1.89. The van der Waals surface area contributed by atoms with Gasteiger partial charge in [0, 0.05) is 28.2 Å². The van der Waals surface area contributed by atoms with Crippen LogP contribution in [0.3, 0.4) is 0 Å². The predicted octanol–water partition coefficient (Wildman–Crippen LogP) is 2.44.